The van der Waals surface area contributed by atoms with Gasteiger partial charge in [0.2, 0.25) is 0 Å². The van der Waals surface area contributed by atoms with Crippen molar-refractivity contribution in [1.82, 2.24) is 5.32 Å². The molecular weight excluding hydrogens is 282 g/mol. The van der Waals surface area contributed by atoms with Gasteiger partial charge in [0.15, 0.2) is 0 Å². The molecule has 3 rings (SSSR count). The first-order chi connectivity index (χ1) is 10.1. The minimum absolute atomic E-state index is 0.142. The summed E-state index contributed by atoms with van der Waals surface area (Å²) in [4.78, 5) is 0. The number of aryl methyl sites for hydroxylation is 2. The molecule has 0 aromatic carbocycles. The molecule has 3 unspecified atom stereocenters. The lowest BCUT2D eigenvalue weighted by Gasteiger charge is -2.41. The van der Waals surface area contributed by atoms with E-state index in [-0.39, 0.29) is 5.60 Å². The molecule has 4 heteroatoms. The van der Waals surface area contributed by atoms with Crippen LogP contribution in [0.25, 0.3) is 0 Å². The van der Waals surface area contributed by atoms with Gasteiger partial charge >= 0.3 is 0 Å². The first-order valence-corrected chi connectivity index (χ1v) is 9.17. The zero-order chi connectivity index (χ0) is 15.0. The van der Waals surface area contributed by atoms with Gasteiger partial charge in [0.05, 0.1) is 5.60 Å². The number of rotatable bonds is 3. The van der Waals surface area contributed by atoms with Gasteiger partial charge in [-0.25, -0.2) is 0 Å². The molecular formula is C17H27NO2S. The van der Waals surface area contributed by atoms with Gasteiger partial charge in [0.25, 0.3) is 0 Å². The first kappa shape index (κ1) is 15.4. The van der Waals surface area contributed by atoms with Crippen molar-refractivity contribution in [2.75, 3.05) is 25.2 Å². The highest BCUT2D eigenvalue weighted by molar-refractivity contribution is 7.99. The highest BCUT2D eigenvalue weighted by Gasteiger charge is 2.43. The van der Waals surface area contributed by atoms with E-state index in [4.69, 9.17) is 9.15 Å². The highest BCUT2D eigenvalue weighted by Crippen LogP contribution is 2.45. The van der Waals surface area contributed by atoms with E-state index >= 15 is 0 Å². The lowest BCUT2D eigenvalue weighted by molar-refractivity contribution is -0.0851. The molecule has 3 heterocycles. The van der Waals surface area contributed by atoms with Crippen LogP contribution >= 0.6 is 11.8 Å². The molecule has 3 atom stereocenters. The van der Waals surface area contributed by atoms with E-state index in [2.05, 4.69) is 33.1 Å². The third kappa shape index (κ3) is 2.78. The largest absolute Gasteiger partial charge is 0.466 e. The summed E-state index contributed by atoms with van der Waals surface area (Å²) in [6, 6.07) is 0.383. The maximum Gasteiger partial charge on any atom is 0.106 e. The zero-order valence-electron chi connectivity index (χ0n) is 13.6. The summed E-state index contributed by atoms with van der Waals surface area (Å²) in [5, 5.41) is 3.57. The molecule has 0 aliphatic carbocycles. The van der Waals surface area contributed by atoms with Crippen molar-refractivity contribution in [2.45, 2.75) is 51.7 Å². The Kier molecular flexibility index (Phi) is 4.40. The van der Waals surface area contributed by atoms with Crippen molar-refractivity contribution in [3.63, 3.8) is 0 Å². The van der Waals surface area contributed by atoms with Gasteiger partial charge in [0.1, 0.15) is 11.5 Å². The zero-order valence-corrected chi connectivity index (χ0v) is 14.4. The van der Waals surface area contributed by atoms with Gasteiger partial charge in [-0.05, 0) is 64.3 Å². The predicted molar refractivity (Wildman–Crippen MR) is 88.1 cm³/mol. The molecule has 2 saturated heterocycles. The smallest absolute Gasteiger partial charge is 0.106 e. The van der Waals surface area contributed by atoms with Crippen molar-refractivity contribution in [2.24, 2.45) is 5.92 Å². The standard InChI is InChI=1S/C17H27NO2S/c1-11-12(2)20-13(3)15(11)16(18-4)14-5-7-19-17(9-14)6-8-21-10-17/h14,16,18H,5-10H2,1-4H3. The Bertz CT molecular complexity index is 505. The van der Waals surface area contributed by atoms with Crippen LogP contribution in [0.2, 0.25) is 0 Å². The third-order valence-electron chi connectivity index (χ3n) is 5.31. The first-order valence-electron chi connectivity index (χ1n) is 8.02. The van der Waals surface area contributed by atoms with Crippen LogP contribution in [0.1, 0.15) is 48.0 Å². The summed E-state index contributed by atoms with van der Waals surface area (Å²) in [7, 11) is 2.08. The normalized spacial score (nSPS) is 31.0. The van der Waals surface area contributed by atoms with Crippen molar-refractivity contribution in [1.29, 1.82) is 0 Å². The van der Waals surface area contributed by atoms with Crippen LogP contribution in [-0.4, -0.2) is 30.8 Å². The molecule has 118 valence electrons. The second-order valence-electron chi connectivity index (χ2n) is 6.61. The molecule has 0 saturated carbocycles. The quantitative estimate of drug-likeness (QED) is 0.922. The fourth-order valence-electron chi connectivity index (χ4n) is 4.10. The van der Waals surface area contributed by atoms with Crippen LogP contribution in [-0.2, 0) is 4.74 Å². The minimum atomic E-state index is 0.142. The number of hydrogen-bond acceptors (Lipinski definition) is 4. The lowest BCUT2D eigenvalue weighted by atomic mass is 9.78. The van der Waals surface area contributed by atoms with Crippen LogP contribution < -0.4 is 5.32 Å². The summed E-state index contributed by atoms with van der Waals surface area (Å²) >= 11 is 2.04. The Morgan fingerprint density at radius 2 is 2.10 bits per heavy atom. The monoisotopic (exact) mass is 309 g/mol. The van der Waals surface area contributed by atoms with E-state index in [9.17, 15) is 0 Å². The molecule has 21 heavy (non-hydrogen) atoms. The van der Waals surface area contributed by atoms with E-state index < -0.39 is 0 Å². The van der Waals surface area contributed by atoms with Gasteiger partial charge in [-0.3, -0.25) is 0 Å². The summed E-state index contributed by atoms with van der Waals surface area (Å²) < 4.78 is 12.0. The average molecular weight is 309 g/mol. The second-order valence-corrected chi connectivity index (χ2v) is 7.71. The number of furan rings is 1. The predicted octanol–water partition coefficient (Wildman–Crippen LogP) is 3.77. The Hall–Kier alpha value is -0.450. The molecule has 3 nitrogen and oxygen atoms in total. The summed E-state index contributed by atoms with van der Waals surface area (Å²) in [5.74, 6) is 5.19. The van der Waals surface area contributed by atoms with E-state index in [0.29, 0.717) is 12.0 Å². The molecule has 2 aliphatic heterocycles. The van der Waals surface area contributed by atoms with Crippen molar-refractivity contribution in [3.8, 4) is 0 Å². The Morgan fingerprint density at radius 3 is 2.67 bits per heavy atom. The van der Waals surface area contributed by atoms with Gasteiger partial charge < -0.3 is 14.5 Å². The maximum absolute atomic E-state index is 6.18. The number of ether oxygens (including phenoxy) is 1. The lowest BCUT2D eigenvalue weighted by Crippen LogP contribution is -2.43. The van der Waals surface area contributed by atoms with E-state index in [0.717, 1.165) is 24.5 Å². The number of thioether (sulfide) groups is 1. The van der Waals surface area contributed by atoms with Gasteiger partial charge in [0, 0.05) is 24.0 Å². The molecule has 2 aliphatic rings. The van der Waals surface area contributed by atoms with Gasteiger partial charge in [-0.2, -0.15) is 11.8 Å². The van der Waals surface area contributed by atoms with E-state index in [1.54, 1.807) is 0 Å². The fourth-order valence-corrected chi connectivity index (χ4v) is 5.47. The Labute approximate surface area is 132 Å². The van der Waals surface area contributed by atoms with E-state index in [1.807, 2.05) is 11.8 Å². The molecule has 1 aromatic rings. The molecule has 0 amide bonds. The molecule has 1 spiro atoms. The number of hydrogen-bond donors (Lipinski definition) is 1. The maximum atomic E-state index is 6.18. The van der Waals surface area contributed by atoms with Crippen molar-refractivity contribution in [3.05, 3.63) is 22.6 Å². The van der Waals surface area contributed by atoms with Crippen LogP contribution in [0.3, 0.4) is 0 Å². The SMILES string of the molecule is CNC(c1c(C)oc(C)c1C)C1CCOC2(CCSC2)C1. The van der Waals surface area contributed by atoms with Gasteiger partial charge in [-0.15, -0.1) is 0 Å². The molecule has 0 bridgehead atoms. The van der Waals surface area contributed by atoms with Crippen LogP contribution in [0.4, 0.5) is 0 Å². The molecule has 0 radical (unpaired) electrons. The number of nitrogens with one attached hydrogen (secondary N) is 1. The van der Waals surface area contributed by atoms with Crippen LogP contribution in [0.15, 0.2) is 4.42 Å². The third-order valence-corrected chi connectivity index (χ3v) is 6.53. The van der Waals surface area contributed by atoms with Crippen LogP contribution in [0.5, 0.6) is 0 Å². The summed E-state index contributed by atoms with van der Waals surface area (Å²) in [6.45, 7) is 7.25. The minimum Gasteiger partial charge on any atom is -0.466 e. The fraction of sp³-hybridized carbons (Fsp3) is 0.765. The summed E-state index contributed by atoms with van der Waals surface area (Å²) in [6.07, 6.45) is 3.53. The Morgan fingerprint density at radius 1 is 1.29 bits per heavy atom. The highest BCUT2D eigenvalue weighted by atomic mass is 32.2. The molecule has 1 aromatic heterocycles. The average Bonchev–Trinajstić information content (AvgIpc) is 3.00. The second kappa shape index (κ2) is 5.98. The topological polar surface area (TPSA) is 34.4 Å². The van der Waals surface area contributed by atoms with Crippen molar-refractivity contribution >= 4 is 11.8 Å². The molecule has 1 N–H and O–H groups in total. The summed E-state index contributed by atoms with van der Waals surface area (Å²) in [5.41, 5.74) is 2.83. The Balaban J connectivity index is 1.85. The van der Waals surface area contributed by atoms with E-state index in [1.165, 1.54) is 35.5 Å². The molecule has 2 fully saturated rings. The van der Waals surface area contributed by atoms with Gasteiger partial charge in [-0.1, -0.05) is 0 Å². The van der Waals surface area contributed by atoms with Crippen molar-refractivity contribution < 1.29 is 9.15 Å². The van der Waals surface area contributed by atoms with Crippen LogP contribution in [0, 0.1) is 26.7 Å².